The molecule has 0 amide bonds. The molecule has 0 heterocycles. The Kier molecular flexibility index (Phi) is 10.2. The SMILES string of the molecule is CCc1cc(OC)ccc1N(c1ccccc1)c1ccc2c(c1)C(c1ccccc1)(c1ccccc1)c1cc(N(c3ccccc3)c3ccc(OC)cc3CC)ccc1-2. The monoisotopic (exact) mass is 768 g/mol. The van der Waals surface area contributed by atoms with Gasteiger partial charge in [-0.3, -0.25) is 0 Å². The minimum atomic E-state index is -0.634. The number of para-hydroxylation sites is 2. The summed E-state index contributed by atoms with van der Waals surface area (Å²) in [5, 5.41) is 0. The minimum absolute atomic E-state index is 0.634. The number of nitrogens with zero attached hydrogens (tertiary/aromatic N) is 2. The molecule has 0 N–H and O–H groups in total. The molecule has 0 saturated heterocycles. The predicted octanol–water partition coefficient (Wildman–Crippen LogP) is 14.1. The summed E-state index contributed by atoms with van der Waals surface area (Å²) in [6, 6.07) is 70.6. The number of hydrogen-bond donors (Lipinski definition) is 0. The molecule has 0 atom stereocenters. The number of anilines is 6. The van der Waals surface area contributed by atoms with Crippen molar-refractivity contribution in [3.05, 3.63) is 228 Å². The fraction of sp³-hybridized carbons (Fsp3) is 0.127. The van der Waals surface area contributed by atoms with Gasteiger partial charge in [0.2, 0.25) is 0 Å². The Labute approximate surface area is 348 Å². The molecule has 0 fully saturated rings. The second-order valence-electron chi connectivity index (χ2n) is 15.0. The third kappa shape index (κ3) is 6.51. The van der Waals surface area contributed by atoms with Crippen molar-refractivity contribution < 1.29 is 9.47 Å². The van der Waals surface area contributed by atoms with Gasteiger partial charge in [-0.1, -0.05) is 123 Å². The lowest BCUT2D eigenvalue weighted by molar-refractivity contribution is 0.414. The van der Waals surface area contributed by atoms with Gasteiger partial charge in [-0.15, -0.1) is 0 Å². The van der Waals surface area contributed by atoms with Crippen molar-refractivity contribution in [2.24, 2.45) is 0 Å². The van der Waals surface area contributed by atoms with Crippen LogP contribution < -0.4 is 19.3 Å². The van der Waals surface area contributed by atoms with Gasteiger partial charge in [0.05, 0.1) is 19.6 Å². The second-order valence-corrected chi connectivity index (χ2v) is 15.0. The van der Waals surface area contributed by atoms with Gasteiger partial charge in [-0.2, -0.15) is 0 Å². The summed E-state index contributed by atoms with van der Waals surface area (Å²) in [5.74, 6) is 1.72. The highest BCUT2D eigenvalue weighted by Gasteiger charge is 2.47. The largest absolute Gasteiger partial charge is 0.497 e. The number of hydrogen-bond acceptors (Lipinski definition) is 4. The van der Waals surface area contributed by atoms with Crippen molar-refractivity contribution in [1.82, 2.24) is 0 Å². The molecule has 8 aromatic rings. The van der Waals surface area contributed by atoms with Crippen LogP contribution in [0.15, 0.2) is 194 Å². The van der Waals surface area contributed by atoms with Crippen molar-refractivity contribution in [2.75, 3.05) is 24.0 Å². The lowest BCUT2D eigenvalue weighted by Gasteiger charge is -2.36. The maximum atomic E-state index is 5.70. The maximum absolute atomic E-state index is 5.70. The number of aryl methyl sites for hydroxylation is 2. The fourth-order valence-corrected chi connectivity index (χ4v) is 9.13. The van der Waals surface area contributed by atoms with Crippen molar-refractivity contribution in [3.63, 3.8) is 0 Å². The first kappa shape index (κ1) is 37.5. The van der Waals surface area contributed by atoms with E-state index in [1.165, 1.54) is 44.5 Å². The highest BCUT2D eigenvalue weighted by molar-refractivity contribution is 5.92. The van der Waals surface area contributed by atoms with Crippen LogP contribution in [-0.2, 0) is 18.3 Å². The van der Waals surface area contributed by atoms with E-state index < -0.39 is 5.41 Å². The molecule has 0 aliphatic heterocycles. The average molecular weight is 769 g/mol. The lowest BCUT2D eigenvalue weighted by Crippen LogP contribution is -2.29. The van der Waals surface area contributed by atoms with Crippen LogP contribution in [0.1, 0.15) is 47.2 Å². The van der Waals surface area contributed by atoms with E-state index in [4.69, 9.17) is 9.47 Å². The molecular formula is C55H48N2O2. The highest BCUT2D eigenvalue weighted by atomic mass is 16.5. The van der Waals surface area contributed by atoms with Gasteiger partial charge in [0, 0.05) is 34.1 Å². The maximum Gasteiger partial charge on any atom is 0.119 e. The van der Waals surface area contributed by atoms with E-state index in [1.54, 1.807) is 14.2 Å². The number of rotatable bonds is 12. The van der Waals surface area contributed by atoms with E-state index in [2.05, 4.69) is 218 Å². The molecule has 290 valence electrons. The average Bonchev–Trinajstić information content (AvgIpc) is 3.60. The predicted molar refractivity (Wildman–Crippen MR) is 245 cm³/mol. The molecule has 8 aromatic carbocycles. The number of fused-ring (bicyclic) bond motifs is 3. The summed E-state index contributed by atoms with van der Waals surface area (Å²) in [7, 11) is 3.47. The standard InChI is InChI=1S/C55H48N2O2/c1-5-39-35-47(58-3)29-33-53(39)56(43-23-15-9-16-24-43)45-27-31-49-50-32-28-46(57(44-25-17-10-18-26-44)54-34-30-48(59-4)36-40(54)6-2)38-52(50)55(51(49)37-45,41-19-11-7-12-20-41)42-21-13-8-14-22-42/h7-38H,5-6H2,1-4H3. The van der Waals surface area contributed by atoms with Crippen LogP contribution in [-0.4, -0.2) is 14.2 Å². The van der Waals surface area contributed by atoms with Crippen molar-refractivity contribution in [2.45, 2.75) is 32.1 Å². The topological polar surface area (TPSA) is 24.9 Å². The van der Waals surface area contributed by atoms with Crippen LogP contribution in [0.5, 0.6) is 11.5 Å². The highest BCUT2D eigenvalue weighted by Crippen LogP contribution is 2.58. The summed E-state index contributed by atoms with van der Waals surface area (Å²) >= 11 is 0. The number of ether oxygens (including phenoxy) is 2. The van der Waals surface area contributed by atoms with Gasteiger partial charge in [0.25, 0.3) is 0 Å². The Morgan fingerprint density at radius 3 is 1.12 bits per heavy atom. The Morgan fingerprint density at radius 1 is 0.390 bits per heavy atom. The summed E-state index contributed by atoms with van der Waals surface area (Å²) in [5.41, 5.74) is 15.8. The molecular weight excluding hydrogens is 721 g/mol. The second kappa shape index (κ2) is 16.1. The Balaban J connectivity index is 1.33. The number of methoxy groups -OCH3 is 2. The smallest absolute Gasteiger partial charge is 0.119 e. The van der Waals surface area contributed by atoms with Gasteiger partial charge >= 0.3 is 0 Å². The molecule has 59 heavy (non-hydrogen) atoms. The van der Waals surface area contributed by atoms with Crippen LogP contribution in [0.3, 0.4) is 0 Å². The van der Waals surface area contributed by atoms with Gasteiger partial charge in [0.1, 0.15) is 11.5 Å². The van der Waals surface area contributed by atoms with Crippen LogP contribution in [0.25, 0.3) is 11.1 Å². The summed E-state index contributed by atoms with van der Waals surface area (Å²) < 4.78 is 11.4. The lowest BCUT2D eigenvalue weighted by atomic mass is 9.67. The summed E-state index contributed by atoms with van der Waals surface area (Å²) in [4.78, 5) is 4.81. The zero-order chi connectivity index (χ0) is 40.3. The first-order valence-corrected chi connectivity index (χ1v) is 20.5. The molecule has 9 rings (SSSR count). The van der Waals surface area contributed by atoms with Crippen LogP contribution in [0.2, 0.25) is 0 Å². The molecule has 4 nitrogen and oxygen atoms in total. The zero-order valence-electron chi connectivity index (χ0n) is 34.1. The van der Waals surface area contributed by atoms with Gasteiger partial charge < -0.3 is 19.3 Å². The first-order chi connectivity index (χ1) is 29.1. The molecule has 0 saturated carbocycles. The molecule has 1 aliphatic rings. The van der Waals surface area contributed by atoms with Crippen molar-refractivity contribution in [1.29, 1.82) is 0 Å². The first-order valence-electron chi connectivity index (χ1n) is 20.5. The van der Waals surface area contributed by atoms with Crippen molar-refractivity contribution in [3.8, 4) is 22.6 Å². The zero-order valence-corrected chi connectivity index (χ0v) is 34.1. The Bertz CT molecular complexity index is 2520. The van der Waals surface area contributed by atoms with Gasteiger partial charge in [0.15, 0.2) is 0 Å². The van der Waals surface area contributed by atoms with E-state index in [0.717, 1.165) is 58.5 Å². The van der Waals surface area contributed by atoms with E-state index in [0.29, 0.717) is 0 Å². The molecule has 0 aromatic heterocycles. The minimum Gasteiger partial charge on any atom is -0.497 e. The third-order valence-corrected chi connectivity index (χ3v) is 11.9. The van der Waals surface area contributed by atoms with Crippen LogP contribution >= 0.6 is 0 Å². The molecule has 0 radical (unpaired) electrons. The van der Waals surface area contributed by atoms with Gasteiger partial charge in [-0.05, 0) is 142 Å². The van der Waals surface area contributed by atoms with E-state index in [-0.39, 0.29) is 0 Å². The van der Waals surface area contributed by atoms with Gasteiger partial charge in [-0.25, -0.2) is 0 Å². The summed E-state index contributed by atoms with van der Waals surface area (Å²) in [6.07, 6.45) is 1.72. The third-order valence-electron chi connectivity index (χ3n) is 11.9. The van der Waals surface area contributed by atoms with Crippen LogP contribution in [0.4, 0.5) is 34.1 Å². The fourth-order valence-electron chi connectivity index (χ4n) is 9.13. The normalized spacial score (nSPS) is 12.3. The Hall–Kier alpha value is -7.04. The number of benzene rings is 8. The quantitative estimate of drug-likeness (QED) is 0.124. The van der Waals surface area contributed by atoms with Crippen molar-refractivity contribution >= 4 is 34.1 Å². The molecule has 1 aliphatic carbocycles. The molecule has 0 bridgehead atoms. The molecule has 0 unspecified atom stereocenters. The molecule has 0 spiro atoms. The Morgan fingerprint density at radius 2 is 0.763 bits per heavy atom. The summed E-state index contributed by atoms with van der Waals surface area (Å²) in [6.45, 7) is 4.42. The van der Waals surface area contributed by atoms with E-state index in [1.807, 2.05) is 0 Å². The van der Waals surface area contributed by atoms with E-state index in [9.17, 15) is 0 Å². The van der Waals surface area contributed by atoms with Crippen LogP contribution in [0, 0.1) is 0 Å². The molecule has 4 heteroatoms. The van der Waals surface area contributed by atoms with E-state index >= 15 is 0 Å².